The van der Waals surface area contributed by atoms with Gasteiger partial charge in [0.25, 0.3) is 5.91 Å². The molecule has 1 saturated heterocycles. The Labute approximate surface area is 171 Å². The summed E-state index contributed by atoms with van der Waals surface area (Å²) >= 11 is 0. The number of rotatable bonds is 3. The van der Waals surface area contributed by atoms with Crippen molar-refractivity contribution in [3.63, 3.8) is 0 Å². The topological polar surface area (TPSA) is 51.0 Å². The Morgan fingerprint density at radius 2 is 1.76 bits per heavy atom. The first kappa shape index (κ1) is 18.1. The Morgan fingerprint density at radius 1 is 0.931 bits per heavy atom. The van der Waals surface area contributed by atoms with E-state index >= 15 is 0 Å². The average Bonchev–Trinajstić information content (AvgIpc) is 3.33. The van der Waals surface area contributed by atoms with Crippen LogP contribution >= 0.6 is 0 Å². The summed E-state index contributed by atoms with van der Waals surface area (Å²) in [5, 5.41) is 0. The van der Waals surface area contributed by atoms with Crippen LogP contribution in [-0.4, -0.2) is 31.9 Å². The molecule has 5 heteroatoms. The number of carbonyl (C=O) groups excluding carboxylic acids is 1. The Morgan fingerprint density at radius 3 is 2.59 bits per heavy atom. The standard InChI is InChI=1S/C24H26N4O/c29-24(28-17-7-11-20(28)18-12-14-25-15-13-18)22-21-10-5-2-6-16-27(21)23(26-22)19-8-3-1-4-9-19/h1,3-4,8-9,12-15,20H,2,5-7,10-11,16-17H2/t20-/m0/s1. The normalized spacial score (nSPS) is 19.0. The van der Waals surface area contributed by atoms with E-state index < -0.39 is 0 Å². The molecule has 3 aromatic rings. The van der Waals surface area contributed by atoms with Crippen molar-refractivity contribution in [2.45, 2.75) is 51.1 Å². The van der Waals surface area contributed by atoms with E-state index in [1.165, 1.54) is 12.0 Å². The van der Waals surface area contributed by atoms with Gasteiger partial charge in [-0.3, -0.25) is 9.78 Å². The van der Waals surface area contributed by atoms with Crippen LogP contribution in [0.15, 0.2) is 54.9 Å². The molecule has 0 aliphatic carbocycles. The van der Waals surface area contributed by atoms with Crippen LogP contribution in [0.3, 0.4) is 0 Å². The zero-order valence-electron chi connectivity index (χ0n) is 16.6. The molecular weight excluding hydrogens is 360 g/mol. The van der Waals surface area contributed by atoms with Gasteiger partial charge in [-0.2, -0.15) is 0 Å². The zero-order valence-corrected chi connectivity index (χ0v) is 16.6. The minimum atomic E-state index is 0.0807. The smallest absolute Gasteiger partial charge is 0.274 e. The molecule has 1 amide bonds. The van der Waals surface area contributed by atoms with E-state index in [0.29, 0.717) is 5.69 Å². The predicted octanol–water partition coefficient (Wildman–Crippen LogP) is 4.65. The fourth-order valence-electron chi connectivity index (χ4n) is 4.78. The fourth-order valence-corrected chi connectivity index (χ4v) is 4.78. The molecule has 0 unspecified atom stereocenters. The molecule has 1 aromatic carbocycles. The number of nitrogens with zero attached hydrogens (tertiary/aromatic N) is 4. The van der Waals surface area contributed by atoms with Gasteiger partial charge in [-0.05, 0) is 49.8 Å². The number of carbonyl (C=O) groups is 1. The average molecular weight is 386 g/mol. The molecule has 0 N–H and O–H groups in total. The first-order valence-electron chi connectivity index (χ1n) is 10.7. The van der Waals surface area contributed by atoms with Crippen molar-refractivity contribution < 1.29 is 4.79 Å². The molecule has 2 aliphatic rings. The molecule has 29 heavy (non-hydrogen) atoms. The predicted molar refractivity (Wildman–Crippen MR) is 112 cm³/mol. The van der Waals surface area contributed by atoms with Gasteiger partial charge >= 0.3 is 0 Å². The zero-order chi connectivity index (χ0) is 19.6. The van der Waals surface area contributed by atoms with Crippen LogP contribution in [0.25, 0.3) is 11.4 Å². The molecule has 0 saturated carbocycles. The number of amides is 1. The second-order valence-electron chi connectivity index (χ2n) is 8.00. The van der Waals surface area contributed by atoms with Gasteiger partial charge in [0, 0.05) is 31.0 Å². The highest BCUT2D eigenvalue weighted by Gasteiger charge is 2.34. The number of imidazole rings is 1. The molecule has 1 atom stereocenters. The van der Waals surface area contributed by atoms with Crippen molar-refractivity contribution in [1.82, 2.24) is 19.4 Å². The Balaban J connectivity index is 1.55. The second-order valence-corrected chi connectivity index (χ2v) is 8.00. The summed E-state index contributed by atoms with van der Waals surface area (Å²) in [5.41, 5.74) is 4.03. The van der Waals surface area contributed by atoms with Gasteiger partial charge in [0.2, 0.25) is 0 Å². The van der Waals surface area contributed by atoms with Crippen molar-refractivity contribution >= 4 is 5.91 Å². The number of likely N-dealkylation sites (tertiary alicyclic amines) is 1. The van der Waals surface area contributed by atoms with Gasteiger partial charge < -0.3 is 9.47 Å². The van der Waals surface area contributed by atoms with E-state index in [1.54, 1.807) is 0 Å². The van der Waals surface area contributed by atoms with Gasteiger partial charge in [0.1, 0.15) is 11.5 Å². The monoisotopic (exact) mass is 386 g/mol. The van der Waals surface area contributed by atoms with Gasteiger partial charge in [-0.25, -0.2) is 4.98 Å². The molecule has 0 radical (unpaired) electrons. The number of hydrogen-bond acceptors (Lipinski definition) is 3. The van der Waals surface area contributed by atoms with Crippen molar-refractivity contribution in [3.05, 3.63) is 71.8 Å². The number of hydrogen-bond donors (Lipinski definition) is 0. The molecule has 4 heterocycles. The molecule has 5 rings (SSSR count). The SMILES string of the molecule is O=C(c1nc(-c2ccccc2)n2c1CCCCC2)N1CCC[C@H]1c1ccncc1. The number of pyridine rings is 1. The minimum absolute atomic E-state index is 0.0807. The summed E-state index contributed by atoms with van der Waals surface area (Å²) in [7, 11) is 0. The number of fused-ring (bicyclic) bond motifs is 1. The first-order valence-corrected chi connectivity index (χ1v) is 10.7. The largest absolute Gasteiger partial charge is 0.330 e. The van der Waals surface area contributed by atoms with E-state index in [4.69, 9.17) is 4.98 Å². The lowest BCUT2D eigenvalue weighted by molar-refractivity contribution is 0.0729. The first-order chi connectivity index (χ1) is 14.3. The quantitative estimate of drug-likeness (QED) is 0.658. The molecule has 0 bridgehead atoms. The summed E-state index contributed by atoms with van der Waals surface area (Å²) < 4.78 is 2.30. The van der Waals surface area contributed by atoms with Crippen LogP contribution in [0.1, 0.15) is 59.9 Å². The highest BCUT2D eigenvalue weighted by atomic mass is 16.2. The maximum atomic E-state index is 13.7. The third-order valence-electron chi connectivity index (χ3n) is 6.21. The molecule has 5 nitrogen and oxygen atoms in total. The van der Waals surface area contributed by atoms with Crippen LogP contribution < -0.4 is 0 Å². The van der Waals surface area contributed by atoms with E-state index in [2.05, 4.69) is 21.7 Å². The lowest BCUT2D eigenvalue weighted by atomic mass is 10.1. The second kappa shape index (κ2) is 7.82. The lowest BCUT2D eigenvalue weighted by Crippen LogP contribution is -2.31. The van der Waals surface area contributed by atoms with Gasteiger partial charge in [0.15, 0.2) is 0 Å². The Bertz CT molecular complexity index is 996. The highest BCUT2D eigenvalue weighted by molar-refractivity contribution is 5.95. The minimum Gasteiger partial charge on any atom is -0.330 e. The van der Waals surface area contributed by atoms with Crippen molar-refractivity contribution in [1.29, 1.82) is 0 Å². The summed E-state index contributed by atoms with van der Waals surface area (Å²) in [5.74, 6) is 1.02. The van der Waals surface area contributed by atoms with Crippen molar-refractivity contribution in [3.8, 4) is 11.4 Å². The molecular formula is C24H26N4O. The summed E-state index contributed by atoms with van der Waals surface area (Å²) in [6.45, 7) is 1.73. The highest BCUT2D eigenvalue weighted by Crippen LogP contribution is 2.35. The fraction of sp³-hybridized carbons (Fsp3) is 0.375. The van der Waals surface area contributed by atoms with Crippen molar-refractivity contribution in [2.75, 3.05) is 6.54 Å². The van der Waals surface area contributed by atoms with E-state index in [0.717, 1.165) is 62.3 Å². The van der Waals surface area contributed by atoms with Crippen molar-refractivity contribution in [2.24, 2.45) is 0 Å². The van der Waals surface area contributed by atoms with Crippen LogP contribution in [0.2, 0.25) is 0 Å². The van der Waals surface area contributed by atoms with Crippen LogP contribution in [0, 0.1) is 0 Å². The number of benzene rings is 1. The lowest BCUT2D eigenvalue weighted by Gasteiger charge is -2.24. The number of aromatic nitrogens is 3. The van der Waals surface area contributed by atoms with Crippen LogP contribution in [0.5, 0.6) is 0 Å². The molecule has 148 valence electrons. The third-order valence-corrected chi connectivity index (χ3v) is 6.21. The third kappa shape index (κ3) is 3.35. The Hall–Kier alpha value is -2.95. The maximum absolute atomic E-state index is 13.7. The summed E-state index contributed by atoms with van der Waals surface area (Å²) in [6.07, 6.45) is 10.0. The maximum Gasteiger partial charge on any atom is 0.274 e. The van der Waals surface area contributed by atoms with Gasteiger partial charge in [0.05, 0.1) is 11.7 Å². The van der Waals surface area contributed by atoms with Crippen LogP contribution in [-0.2, 0) is 13.0 Å². The molecule has 0 spiro atoms. The molecule has 2 aliphatic heterocycles. The summed E-state index contributed by atoms with van der Waals surface area (Å²) in [6, 6.07) is 14.4. The van der Waals surface area contributed by atoms with E-state index in [-0.39, 0.29) is 11.9 Å². The van der Waals surface area contributed by atoms with Gasteiger partial charge in [-0.15, -0.1) is 0 Å². The van der Waals surface area contributed by atoms with E-state index in [9.17, 15) is 4.79 Å². The summed E-state index contributed by atoms with van der Waals surface area (Å²) in [4.78, 5) is 24.8. The molecule has 2 aromatic heterocycles. The Kier molecular flexibility index (Phi) is 4.88. The van der Waals surface area contributed by atoms with Gasteiger partial charge in [-0.1, -0.05) is 36.8 Å². The van der Waals surface area contributed by atoms with E-state index in [1.807, 2.05) is 47.6 Å². The molecule has 1 fully saturated rings. The van der Waals surface area contributed by atoms with Crippen LogP contribution in [0.4, 0.5) is 0 Å².